The Morgan fingerprint density at radius 2 is 2.06 bits per heavy atom. The summed E-state index contributed by atoms with van der Waals surface area (Å²) in [5.74, 6) is 0.180. The number of carbonyl (C=O) groups is 1. The van der Waals surface area contributed by atoms with Crippen LogP contribution in [0.1, 0.15) is 26.7 Å². The van der Waals surface area contributed by atoms with Crippen LogP contribution in [-0.4, -0.2) is 49.5 Å². The highest BCUT2D eigenvalue weighted by atomic mass is 16.5. The van der Waals surface area contributed by atoms with E-state index in [1.165, 1.54) is 0 Å². The van der Waals surface area contributed by atoms with Gasteiger partial charge >= 0.3 is 0 Å². The zero-order chi connectivity index (χ0) is 12.7. The summed E-state index contributed by atoms with van der Waals surface area (Å²) >= 11 is 0. The molecule has 1 amide bonds. The van der Waals surface area contributed by atoms with Crippen molar-refractivity contribution < 1.29 is 14.6 Å². The highest BCUT2D eigenvalue weighted by Gasteiger charge is 2.17. The van der Waals surface area contributed by atoms with Gasteiger partial charge in [0, 0.05) is 31.9 Å². The maximum atomic E-state index is 11.6. The molecule has 1 fully saturated rings. The number of rotatable bonds is 6. The van der Waals surface area contributed by atoms with Crippen molar-refractivity contribution in [2.45, 2.75) is 38.8 Å². The van der Waals surface area contributed by atoms with E-state index < -0.39 is 0 Å². The van der Waals surface area contributed by atoms with Crippen molar-refractivity contribution in [3.05, 3.63) is 0 Å². The predicted molar refractivity (Wildman–Crippen MR) is 65.7 cm³/mol. The van der Waals surface area contributed by atoms with E-state index in [9.17, 15) is 4.79 Å². The van der Waals surface area contributed by atoms with Crippen molar-refractivity contribution in [3.63, 3.8) is 0 Å². The largest absolute Gasteiger partial charge is 0.396 e. The van der Waals surface area contributed by atoms with E-state index >= 15 is 0 Å². The molecule has 0 aromatic carbocycles. The van der Waals surface area contributed by atoms with Gasteiger partial charge in [0.2, 0.25) is 5.91 Å². The van der Waals surface area contributed by atoms with Crippen molar-refractivity contribution >= 4 is 5.91 Å². The summed E-state index contributed by atoms with van der Waals surface area (Å²) < 4.78 is 5.23. The molecule has 0 aromatic rings. The Labute approximate surface area is 103 Å². The molecule has 2 atom stereocenters. The Kier molecular flexibility index (Phi) is 6.47. The van der Waals surface area contributed by atoms with Crippen LogP contribution in [0.4, 0.5) is 0 Å². The maximum Gasteiger partial charge on any atom is 0.234 e. The Morgan fingerprint density at radius 1 is 1.41 bits per heavy atom. The lowest BCUT2D eigenvalue weighted by Crippen LogP contribution is -2.45. The van der Waals surface area contributed by atoms with Crippen LogP contribution in [-0.2, 0) is 9.53 Å². The number of hydrogen-bond acceptors (Lipinski definition) is 4. The lowest BCUT2D eigenvalue weighted by molar-refractivity contribution is -0.121. The first-order valence-corrected chi connectivity index (χ1v) is 6.34. The number of ether oxygens (including phenoxy) is 1. The third-order valence-electron chi connectivity index (χ3n) is 3.31. The van der Waals surface area contributed by atoms with Gasteiger partial charge in [0.15, 0.2) is 0 Å². The highest BCUT2D eigenvalue weighted by molar-refractivity contribution is 5.78. The van der Waals surface area contributed by atoms with E-state index in [2.05, 4.69) is 10.6 Å². The molecule has 0 radical (unpaired) electrons. The van der Waals surface area contributed by atoms with Gasteiger partial charge in [-0.05, 0) is 25.7 Å². The van der Waals surface area contributed by atoms with Crippen LogP contribution < -0.4 is 10.6 Å². The summed E-state index contributed by atoms with van der Waals surface area (Å²) in [7, 11) is 0. The first kappa shape index (κ1) is 14.4. The van der Waals surface area contributed by atoms with Crippen LogP contribution in [0.3, 0.4) is 0 Å². The van der Waals surface area contributed by atoms with Gasteiger partial charge in [-0.3, -0.25) is 4.79 Å². The number of carbonyl (C=O) groups excluding carboxylic acids is 1. The minimum absolute atomic E-state index is 0.0221. The standard InChI is InChI=1S/C12H24N2O3/c1-9(8-15)10(2)13-7-12(16)14-11-3-5-17-6-4-11/h9-11,13,15H,3-8H2,1-2H3,(H,14,16). The summed E-state index contributed by atoms with van der Waals surface area (Å²) in [4.78, 5) is 11.6. The normalized spacial score (nSPS) is 20.9. The average Bonchev–Trinajstić information content (AvgIpc) is 2.36. The van der Waals surface area contributed by atoms with E-state index in [-0.39, 0.29) is 30.5 Å². The van der Waals surface area contributed by atoms with E-state index in [0.717, 1.165) is 26.1 Å². The minimum Gasteiger partial charge on any atom is -0.396 e. The molecular formula is C12H24N2O3. The first-order valence-electron chi connectivity index (χ1n) is 6.34. The van der Waals surface area contributed by atoms with Crippen LogP contribution in [0.2, 0.25) is 0 Å². The third-order valence-corrected chi connectivity index (χ3v) is 3.31. The van der Waals surface area contributed by atoms with Gasteiger partial charge in [-0.25, -0.2) is 0 Å². The molecule has 0 bridgehead atoms. The molecule has 0 aromatic heterocycles. The number of aliphatic hydroxyl groups is 1. The molecule has 0 spiro atoms. The molecule has 5 heteroatoms. The molecule has 17 heavy (non-hydrogen) atoms. The smallest absolute Gasteiger partial charge is 0.234 e. The second-order valence-corrected chi connectivity index (χ2v) is 4.78. The van der Waals surface area contributed by atoms with Crippen LogP contribution in [0.5, 0.6) is 0 Å². The van der Waals surface area contributed by atoms with Crippen LogP contribution >= 0.6 is 0 Å². The highest BCUT2D eigenvalue weighted by Crippen LogP contribution is 2.05. The number of aliphatic hydroxyl groups excluding tert-OH is 1. The molecule has 1 heterocycles. The van der Waals surface area contributed by atoms with Crippen molar-refractivity contribution in [2.24, 2.45) is 5.92 Å². The van der Waals surface area contributed by atoms with E-state index in [1.54, 1.807) is 0 Å². The zero-order valence-corrected chi connectivity index (χ0v) is 10.7. The van der Waals surface area contributed by atoms with Gasteiger partial charge in [0.25, 0.3) is 0 Å². The van der Waals surface area contributed by atoms with Crippen molar-refractivity contribution in [1.82, 2.24) is 10.6 Å². The molecule has 0 saturated carbocycles. The molecule has 1 rings (SSSR count). The molecule has 1 aliphatic heterocycles. The number of amides is 1. The van der Waals surface area contributed by atoms with Crippen LogP contribution in [0.25, 0.3) is 0 Å². The zero-order valence-electron chi connectivity index (χ0n) is 10.7. The number of nitrogens with one attached hydrogen (secondary N) is 2. The first-order chi connectivity index (χ1) is 8.13. The van der Waals surface area contributed by atoms with Crippen molar-refractivity contribution in [1.29, 1.82) is 0 Å². The fraction of sp³-hybridized carbons (Fsp3) is 0.917. The van der Waals surface area contributed by atoms with Gasteiger partial charge in [-0.1, -0.05) is 6.92 Å². The molecule has 5 nitrogen and oxygen atoms in total. The lowest BCUT2D eigenvalue weighted by Gasteiger charge is -2.24. The third kappa shape index (κ3) is 5.48. The summed E-state index contributed by atoms with van der Waals surface area (Å²) in [5, 5.41) is 15.1. The maximum absolute atomic E-state index is 11.6. The molecule has 100 valence electrons. The molecular weight excluding hydrogens is 220 g/mol. The lowest BCUT2D eigenvalue weighted by atomic mass is 10.1. The average molecular weight is 244 g/mol. The second kappa shape index (κ2) is 7.63. The topological polar surface area (TPSA) is 70.6 Å². The second-order valence-electron chi connectivity index (χ2n) is 4.78. The molecule has 1 aliphatic rings. The fourth-order valence-electron chi connectivity index (χ4n) is 1.73. The minimum atomic E-state index is 0.0221. The van der Waals surface area contributed by atoms with Gasteiger partial charge < -0.3 is 20.5 Å². The monoisotopic (exact) mass is 244 g/mol. The van der Waals surface area contributed by atoms with Gasteiger partial charge in [0.05, 0.1) is 6.54 Å². The molecule has 2 unspecified atom stereocenters. The fourth-order valence-corrected chi connectivity index (χ4v) is 1.73. The van der Waals surface area contributed by atoms with Gasteiger partial charge in [-0.2, -0.15) is 0 Å². The van der Waals surface area contributed by atoms with Crippen LogP contribution in [0, 0.1) is 5.92 Å². The Hall–Kier alpha value is -0.650. The van der Waals surface area contributed by atoms with E-state index in [4.69, 9.17) is 9.84 Å². The quantitative estimate of drug-likeness (QED) is 0.609. The Balaban J connectivity index is 2.16. The number of hydrogen-bond donors (Lipinski definition) is 3. The van der Waals surface area contributed by atoms with E-state index in [0.29, 0.717) is 6.54 Å². The SMILES string of the molecule is CC(CO)C(C)NCC(=O)NC1CCOCC1. The summed E-state index contributed by atoms with van der Waals surface area (Å²) in [6.45, 7) is 5.84. The summed E-state index contributed by atoms with van der Waals surface area (Å²) in [6, 6.07) is 0.393. The molecule has 3 N–H and O–H groups in total. The van der Waals surface area contributed by atoms with Gasteiger partial charge in [-0.15, -0.1) is 0 Å². The van der Waals surface area contributed by atoms with Gasteiger partial charge in [0.1, 0.15) is 0 Å². The van der Waals surface area contributed by atoms with Crippen molar-refractivity contribution in [2.75, 3.05) is 26.4 Å². The van der Waals surface area contributed by atoms with Crippen molar-refractivity contribution in [3.8, 4) is 0 Å². The Morgan fingerprint density at radius 3 is 2.65 bits per heavy atom. The van der Waals surface area contributed by atoms with Crippen LogP contribution in [0.15, 0.2) is 0 Å². The summed E-state index contributed by atoms with van der Waals surface area (Å²) in [5.41, 5.74) is 0. The summed E-state index contributed by atoms with van der Waals surface area (Å²) in [6.07, 6.45) is 1.79. The molecule has 0 aliphatic carbocycles. The van der Waals surface area contributed by atoms with E-state index in [1.807, 2.05) is 13.8 Å². The Bertz CT molecular complexity index is 230. The molecule has 1 saturated heterocycles. The predicted octanol–water partition coefficient (Wildman–Crippen LogP) is -0.112.